The lowest BCUT2D eigenvalue weighted by Crippen LogP contribution is -2.21. The molecule has 1 nitrogen and oxygen atoms in total. The Morgan fingerprint density at radius 3 is 2.92 bits per heavy atom. The fourth-order valence-electron chi connectivity index (χ4n) is 1.63. The van der Waals surface area contributed by atoms with Gasteiger partial charge in [0.1, 0.15) is 0 Å². The first-order valence-corrected chi connectivity index (χ1v) is 5.90. The van der Waals surface area contributed by atoms with E-state index in [0.717, 1.165) is 0 Å². The van der Waals surface area contributed by atoms with Gasteiger partial charge in [0.15, 0.2) is 0 Å². The highest BCUT2D eigenvalue weighted by Gasteiger charge is 2.37. The lowest BCUT2D eigenvalue weighted by molar-refractivity contribution is 0.536. The number of nitrogens with two attached hydrogens (primary N) is 1. The molecule has 1 saturated carbocycles. The Morgan fingerprint density at radius 1 is 1.62 bits per heavy atom. The first kappa shape index (κ1) is 9.22. The Hall–Kier alpha value is -0.340. The van der Waals surface area contributed by atoms with Crippen molar-refractivity contribution in [2.75, 3.05) is 0 Å². The first-order chi connectivity index (χ1) is 6.20. The van der Waals surface area contributed by atoms with Crippen molar-refractivity contribution >= 4 is 11.3 Å². The zero-order valence-corrected chi connectivity index (χ0v) is 8.94. The SMILES string of the molecule is CC(CCC1(N)CC1)c1cccs1. The van der Waals surface area contributed by atoms with Gasteiger partial charge in [-0.3, -0.25) is 0 Å². The zero-order chi connectivity index (χ0) is 9.31. The van der Waals surface area contributed by atoms with E-state index in [1.165, 1.54) is 30.6 Å². The van der Waals surface area contributed by atoms with Crippen LogP contribution in [0.15, 0.2) is 17.5 Å². The number of hydrogen-bond donors (Lipinski definition) is 1. The van der Waals surface area contributed by atoms with E-state index in [9.17, 15) is 0 Å². The van der Waals surface area contributed by atoms with Crippen LogP contribution in [0.5, 0.6) is 0 Å². The highest BCUT2D eigenvalue weighted by Crippen LogP contribution is 2.39. The van der Waals surface area contributed by atoms with E-state index in [-0.39, 0.29) is 5.54 Å². The monoisotopic (exact) mass is 195 g/mol. The van der Waals surface area contributed by atoms with Crippen molar-refractivity contribution < 1.29 is 0 Å². The molecule has 0 amide bonds. The molecular formula is C11H17NS. The molecule has 1 aliphatic carbocycles. The van der Waals surface area contributed by atoms with Gasteiger partial charge in [-0.05, 0) is 43.0 Å². The Morgan fingerprint density at radius 2 is 2.38 bits per heavy atom. The van der Waals surface area contributed by atoms with Crippen LogP contribution in [0, 0.1) is 0 Å². The molecule has 1 unspecified atom stereocenters. The minimum absolute atomic E-state index is 0.228. The van der Waals surface area contributed by atoms with Crippen LogP contribution in [-0.4, -0.2) is 5.54 Å². The number of hydrogen-bond acceptors (Lipinski definition) is 2. The topological polar surface area (TPSA) is 26.0 Å². The van der Waals surface area contributed by atoms with Crippen LogP contribution in [0.3, 0.4) is 0 Å². The average Bonchev–Trinajstić information content (AvgIpc) is 2.69. The molecule has 0 bridgehead atoms. The molecule has 1 aromatic rings. The largest absolute Gasteiger partial charge is 0.325 e. The van der Waals surface area contributed by atoms with Crippen LogP contribution in [0.1, 0.15) is 43.4 Å². The minimum Gasteiger partial charge on any atom is -0.325 e. The molecule has 0 aliphatic heterocycles. The number of rotatable bonds is 4. The van der Waals surface area contributed by atoms with Gasteiger partial charge in [0.2, 0.25) is 0 Å². The second-order valence-corrected chi connectivity index (χ2v) is 5.30. The van der Waals surface area contributed by atoms with Crippen molar-refractivity contribution in [3.63, 3.8) is 0 Å². The maximum Gasteiger partial charge on any atom is 0.0155 e. The van der Waals surface area contributed by atoms with Crippen molar-refractivity contribution in [3.05, 3.63) is 22.4 Å². The molecule has 0 aromatic carbocycles. The normalized spacial score (nSPS) is 21.4. The van der Waals surface area contributed by atoms with E-state index in [4.69, 9.17) is 5.73 Å². The number of thiophene rings is 1. The van der Waals surface area contributed by atoms with Crippen LogP contribution in [0.2, 0.25) is 0 Å². The second-order valence-electron chi connectivity index (χ2n) is 4.32. The smallest absolute Gasteiger partial charge is 0.0155 e. The van der Waals surface area contributed by atoms with Crippen molar-refractivity contribution in [2.24, 2.45) is 5.73 Å². The Labute approximate surface area is 84.0 Å². The first-order valence-electron chi connectivity index (χ1n) is 5.02. The van der Waals surface area contributed by atoms with Crippen LogP contribution in [0.4, 0.5) is 0 Å². The van der Waals surface area contributed by atoms with Crippen molar-refractivity contribution in [1.29, 1.82) is 0 Å². The molecule has 13 heavy (non-hydrogen) atoms. The maximum absolute atomic E-state index is 6.05. The van der Waals surface area contributed by atoms with E-state index in [0.29, 0.717) is 5.92 Å². The van der Waals surface area contributed by atoms with Crippen molar-refractivity contribution in [3.8, 4) is 0 Å². The van der Waals surface area contributed by atoms with E-state index in [2.05, 4.69) is 24.4 Å². The summed E-state index contributed by atoms with van der Waals surface area (Å²) in [4.78, 5) is 1.50. The minimum atomic E-state index is 0.228. The summed E-state index contributed by atoms with van der Waals surface area (Å²) < 4.78 is 0. The van der Waals surface area contributed by atoms with E-state index < -0.39 is 0 Å². The van der Waals surface area contributed by atoms with E-state index >= 15 is 0 Å². The van der Waals surface area contributed by atoms with Crippen molar-refractivity contribution in [1.82, 2.24) is 0 Å². The average molecular weight is 195 g/mol. The standard InChI is InChI=1S/C11H17NS/c1-9(10-3-2-8-13-10)4-5-11(12)6-7-11/h2-3,8-9H,4-7,12H2,1H3. The molecule has 2 rings (SSSR count). The fraction of sp³-hybridized carbons (Fsp3) is 0.636. The molecule has 0 saturated heterocycles. The lowest BCUT2D eigenvalue weighted by Gasteiger charge is -2.12. The summed E-state index contributed by atoms with van der Waals surface area (Å²) in [5, 5.41) is 2.15. The Balaban J connectivity index is 1.82. The van der Waals surface area contributed by atoms with Gasteiger partial charge < -0.3 is 5.73 Å². The molecule has 2 heteroatoms. The van der Waals surface area contributed by atoms with E-state index in [1.54, 1.807) is 0 Å². The summed E-state index contributed by atoms with van der Waals surface area (Å²) in [5.74, 6) is 0.695. The van der Waals surface area contributed by atoms with Gasteiger partial charge in [-0.15, -0.1) is 11.3 Å². The van der Waals surface area contributed by atoms with Gasteiger partial charge in [0.05, 0.1) is 0 Å². The predicted molar refractivity (Wildman–Crippen MR) is 58.1 cm³/mol. The molecule has 1 fully saturated rings. The molecule has 1 aliphatic rings. The van der Waals surface area contributed by atoms with Crippen molar-refractivity contribution in [2.45, 2.75) is 44.1 Å². The summed E-state index contributed by atoms with van der Waals surface area (Å²) in [5.41, 5.74) is 6.28. The predicted octanol–water partition coefficient (Wildman–Crippen LogP) is 3.12. The molecule has 2 N–H and O–H groups in total. The molecular weight excluding hydrogens is 178 g/mol. The zero-order valence-electron chi connectivity index (χ0n) is 8.12. The van der Waals surface area contributed by atoms with E-state index in [1.807, 2.05) is 11.3 Å². The third kappa shape index (κ3) is 2.32. The second kappa shape index (κ2) is 3.43. The molecule has 0 radical (unpaired) electrons. The third-order valence-corrected chi connectivity index (χ3v) is 4.10. The van der Waals surface area contributed by atoms with Gasteiger partial charge in [0, 0.05) is 10.4 Å². The summed E-state index contributed by atoms with van der Waals surface area (Å²) >= 11 is 1.86. The van der Waals surface area contributed by atoms with Gasteiger partial charge in [-0.25, -0.2) is 0 Å². The highest BCUT2D eigenvalue weighted by atomic mass is 32.1. The van der Waals surface area contributed by atoms with Gasteiger partial charge in [-0.1, -0.05) is 13.0 Å². The molecule has 1 aromatic heterocycles. The van der Waals surface area contributed by atoms with Crippen LogP contribution in [0.25, 0.3) is 0 Å². The maximum atomic E-state index is 6.05. The molecule has 1 heterocycles. The summed E-state index contributed by atoms with van der Waals surface area (Å²) in [6, 6.07) is 4.36. The molecule has 0 spiro atoms. The summed E-state index contributed by atoms with van der Waals surface area (Å²) in [7, 11) is 0. The van der Waals surface area contributed by atoms with Gasteiger partial charge in [0.25, 0.3) is 0 Å². The van der Waals surface area contributed by atoms with Gasteiger partial charge in [-0.2, -0.15) is 0 Å². The van der Waals surface area contributed by atoms with Crippen LogP contribution in [-0.2, 0) is 0 Å². The lowest BCUT2D eigenvalue weighted by atomic mass is 9.99. The summed E-state index contributed by atoms with van der Waals surface area (Å²) in [6.45, 7) is 2.30. The third-order valence-electron chi connectivity index (χ3n) is 3.00. The fourth-order valence-corrected chi connectivity index (χ4v) is 2.45. The molecule has 72 valence electrons. The quantitative estimate of drug-likeness (QED) is 0.785. The van der Waals surface area contributed by atoms with Gasteiger partial charge >= 0.3 is 0 Å². The van der Waals surface area contributed by atoms with Crippen LogP contribution >= 0.6 is 11.3 Å². The Kier molecular flexibility index (Phi) is 2.43. The Bertz CT molecular complexity index is 262. The highest BCUT2D eigenvalue weighted by molar-refractivity contribution is 7.10. The summed E-state index contributed by atoms with van der Waals surface area (Å²) in [6.07, 6.45) is 4.93. The molecule has 1 atom stereocenters. The van der Waals surface area contributed by atoms with Crippen LogP contribution < -0.4 is 5.73 Å².